The van der Waals surface area contributed by atoms with E-state index in [9.17, 15) is 4.79 Å². The van der Waals surface area contributed by atoms with Crippen LogP contribution in [0.25, 0.3) is 0 Å². The summed E-state index contributed by atoms with van der Waals surface area (Å²) >= 11 is 0. The van der Waals surface area contributed by atoms with Crippen molar-refractivity contribution in [2.75, 3.05) is 0 Å². The Morgan fingerprint density at radius 2 is 2.46 bits per heavy atom. The Morgan fingerprint density at radius 3 is 3.00 bits per heavy atom. The van der Waals surface area contributed by atoms with Gasteiger partial charge in [0, 0.05) is 12.4 Å². The lowest BCUT2D eigenvalue weighted by molar-refractivity contribution is 0.0958. The van der Waals surface area contributed by atoms with Gasteiger partial charge in [-0.05, 0) is 13.0 Å². The lowest BCUT2D eigenvalue weighted by Crippen LogP contribution is -2.09. The first-order valence-electron chi connectivity index (χ1n) is 3.86. The van der Waals surface area contributed by atoms with E-state index in [1.54, 1.807) is 25.4 Å². The molecular weight excluding hydrogens is 168 g/mol. The van der Waals surface area contributed by atoms with Gasteiger partial charge in [0.25, 0.3) is 5.91 Å². The molecule has 0 aliphatic rings. The Labute approximate surface area is 74.8 Å². The van der Waals surface area contributed by atoms with Crippen LogP contribution in [0.5, 0.6) is 0 Å². The van der Waals surface area contributed by atoms with Crippen molar-refractivity contribution in [1.82, 2.24) is 9.55 Å². The van der Waals surface area contributed by atoms with Crippen LogP contribution in [0.1, 0.15) is 16.1 Å². The van der Waals surface area contributed by atoms with E-state index in [0.717, 1.165) is 0 Å². The molecule has 13 heavy (non-hydrogen) atoms. The number of imidazole rings is 1. The van der Waals surface area contributed by atoms with Gasteiger partial charge in [-0.1, -0.05) is 0 Å². The van der Waals surface area contributed by atoms with Crippen LogP contribution in [-0.2, 0) is 0 Å². The van der Waals surface area contributed by atoms with Crippen molar-refractivity contribution >= 4 is 5.91 Å². The molecule has 66 valence electrons. The van der Waals surface area contributed by atoms with E-state index >= 15 is 0 Å². The van der Waals surface area contributed by atoms with Crippen molar-refractivity contribution in [3.05, 3.63) is 42.4 Å². The number of aryl methyl sites for hydroxylation is 1. The highest BCUT2D eigenvalue weighted by atomic mass is 16.3. The van der Waals surface area contributed by atoms with Gasteiger partial charge in [-0.2, -0.15) is 0 Å². The summed E-state index contributed by atoms with van der Waals surface area (Å²) < 4.78 is 6.44. The molecule has 0 fully saturated rings. The highest BCUT2D eigenvalue weighted by Crippen LogP contribution is 2.10. The smallest absolute Gasteiger partial charge is 0.266 e. The molecule has 0 aliphatic heterocycles. The molecular formula is C9H8N2O2. The highest BCUT2D eigenvalue weighted by molar-refractivity contribution is 5.96. The van der Waals surface area contributed by atoms with Crippen molar-refractivity contribution in [2.24, 2.45) is 0 Å². The van der Waals surface area contributed by atoms with Gasteiger partial charge >= 0.3 is 0 Å². The fraction of sp³-hybridized carbons (Fsp3) is 0.111. The van der Waals surface area contributed by atoms with Crippen LogP contribution in [0.4, 0.5) is 0 Å². The van der Waals surface area contributed by atoms with Gasteiger partial charge in [-0.3, -0.25) is 9.36 Å². The summed E-state index contributed by atoms with van der Waals surface area (Å²) in [6, 6.07) is 1.65. The van der Waals surface area contributed by atoms with E-state index in [1.807, 2.05) is 0 Å². The monoisotopic (exact) mass is 176 g/mol. The van der Waals surface area contributed by atoms with Gasteiger partial charge in [0.05, 0.1) is 11.8 Å². The molecule has 4 heteroatoms. The van der Waals surface area contributed by atoms with Gasteiger partial charge in [-0.15, -0.1) is 0 Å². The second kappa shape index (κ2) is 2.90. The molecule has 0 saturated carbocycles. The van der Waals surface area contributed by atoms with E-state index in [4.69, 9.17) is 4.42 Å². The summed E-state index contributed by atoms with van der Waals surface area (Å²) in [7, 11) is 0. The number of carbonyl (C=O) groups excluding carboxylic acids is 1. The maximum absolute atomic E-state index is 11.7. The van der Waals surface area contributed by atoms with Crippen LogP contribution in [0.15, 0.2) is 35.5 Å². The second-order valence-electron chi connectivity index (χ2n) is 2.67. The van der Waals surface area contributed by atoms with Crippen molar-refractivity contribution in [1.29, 1.82) is 0 Å². The lowest BCUT2D eigenvalue weighted by atomic mass is 10.2. The van der Waals surface area contributed by atoms with Crippen LogP contribution in [0.3, 0.4) is 0 Å². The number of nitrogens with zero attached hydrogens (tertiary/aromatic N) is 2. The van der Waals surface area contributed by atoms with Crippen molar-refractivity contribution < 1.29 is 9.21 Å². The zero-order valence-electron chi connectivity index (χ0n) is 7.10. The van der Waals surface area contributed by atoms with Crippen LogP contribution >= 0.6 is 0 Å². The summed E-state index contributed by atoms with van der Waals surface area (Å²) in [5, 5.41) is 0. The van der Waals surface area contributed by atoms with E-state index in [-0.39, 0.29) is 5.91 Å². The molecule has 2 heterocycles. The maximum Gasteiger partial charge on any atom is 0.266 e. The first-order chi connectivity index (χ1) is 6.29. The average molecular weight is 176 g/mol. The molecule has 0 aliphatic carbocycles. The zero-order chi connectivity index (χ0) is 9.26. The Balaban J connectivity index is 2.39. The van der Waals surface area contributed by atoms with Crippen LogP contribution in [0.2, 0.25) is 0 Å². The van der Waals surface area contributed by atoms with Crippen LogP contribution in [0, 0.1) is 6.92 Å². The number of aromatic nitrogens is 2. The topological polar surface area (TPSA) is 48.0 Å². The first kappa shape index (κ1) is 7.79. The van der Waals surface area contributed by atoms with E-state index in [1.165, 1.54) is 17.2 Å². The molecule has 4 nitrogen and oxygen atoms in total. The average Bonchev–Trinajstić information content (AvgIpc) is 2.72. The number of hydrogen-bond acceptors (Lipinski definition) is 3. The van der Waals surface area contributed by atoms with Crippen molar-refractivity contribution in [3.63, 3.8) is 0 Å². The third-order valence-electron chi connectivity index (χ3n) is 1.83. The van der Waals surface area contributed by atoms with E-state index < -0.39 is 0 Å². The number of hydrogen-bond donors (Lipinski definition) is 0. The molecule has 0 aromatic carbocycles. The molecule has 0 unspecified atom stereocenters. The molecule has 0 spiro atoms. The van der Waals surface area contributed by atoms with Gasteiger partial charge in [0.15, 0.2) is 0 Å². The summed E-state index contributed by atoms with van der Waals surface area (Å²) in [4.78, 5) is 15.4. The van der Waals surface area contributed by atoms with E-state index in [2.05, 4.69) is 4.98 Å². The number of rotatable bonds is 1. The number of carbonyl (C=O) groups is 1. The quantitative estimate of drug-likeness (QED) is 0.661. The molecule has 2 aromatic heterocycles. The molecule has 0 N–H and O–H groups in total. The van der Waals surface area contributed by atoms with Crippen molar-refractivity contribution in [3.8, 4) is 0 Å². The standard InChI is InChI=1S/C9H8N2O2/c1-7-8(2-5-13-7)9(12)11-4-3-10-6-11/h2-6H,1H3. The second-order valence-corrected chi connectivity index (χ2v) is 2.67. The Morgan fingerprint density at radius 1 is 1.62 bits per heavy atom. The maximum atomic E-state index is 11.7. The minimum Gasteiger partial charge on any atom is -0.469 e. The largest absolute Gasteiger partial charge is 0.469 e. The number of furan rings is 1. The minimum absolute atomic E-state index is 0.122. The molecule has 0 radical (unpaired) electrons. The summed E-state index contributed by atoms with van der Waals surface area (Å²) in [6.45, 7) is 1.75. The van der Waals surface area contributed by atoms with E-state index in [0.29, 0.717) is 11.3 Å². The predicted octanol–water partition coefficient (Wildman–Crippen LogP) is 1.47. The van der Waals surface area contributed by atoms with Gasteiger partial charge in [0.2, 0.25) is 0 Å². The highest BCUT2D eigenvalue weighted by Gasteiger charge is 2.12. The molecule has 0 atom stereocenters. The van der Waals surface area contributed by atoms with Gasteiger partial charge < -0.3 is 4.42 Å². The van der Waals surface area contributed by atoms with Gasteiger partial charge in [-0.25, -0.2) is 4.98 Å². The van der Waals surface area contributed by atoms with Crippen LogP contribution < -0.4 is 0 Å². The lowest BCUT2D eigenvalue weighted by Gasteiger charge is -1.97. The molecule has 2 aromatic rings. The Kier molecular flexibility index (Phi) is 1.73. The zero-order valence-corrected chi connectivity index (χ0v) is 7.10. The summed E-state index contributed by atoms with van der Waals surface area (Å²) in [6.07, 6.45) is 6.14. The molecule has 0 saturated heterocycles. The Bertz CT molecular complexity index is 415. The molecule has 2 rings (SSSR count). The fourth-order valence-electron chi connectivity index (χ4n) is 1.13. The molecule has 0 amide bonds. The minimum atomic E-state index is -0.122. The Hall–Kier alpha value is -1.84. The normalized spacial score (nSPS) is 10.2. The van der Waals surface area contributed by atoms with Gasteiger partial charge in [0.1, 0.15) is 12.1 Å². The third kappa shape index (κ3) is 1.26. The fourth-order valence-corrected chi connectivity index (χ4v) is 1.13. The third-order valence-corrected chi connectivity index (χ3v) is 1.83. The summed E-state index contributed by atoms with van der Waals surface area (Å²) in [5.41, 5.74) is 0.568. The SMILES string of the molecule is Cc1occc1C(=O)n1ccnc1. The first-order valence-corrected chi connectivity index (χ1v) is 3.86. The van der Waals surface area contributed by atoms with Crippen LogP contribution in [-0.4, -0.2) is 15.5 Å². The summed E-state index contributed by atoms with van der Waals surface area (Å²) in [5.74, 6) is 0.502. The van der Waals surface area contributed by atoms with Crippen molar-refractivity contribution in [2.45, 2.75) is 6.92 Å². The predicted molar refractivity (Wildman–Crippen MR) is 45.4 cm³/mol. The molecule has 0 bridgehead atoms.